The van der Waals surface area contributed by atoms with Gasteiger partial charge >= 0.3 is 0 Å². The molecule has 0 bridgehead atoms. The third-order valence-corrected chi connectivity index (χ3v) is 4.90. The van der Waals surface area contributed by atoms with Crippen LogP contribution in [0.2, 0.25) is 0 Å². The number of amides is 1. The quantitative estimate of drug-likeness (QED) is 0.905. The Morgan fingerprint density at radius 2 is 2.23 bits per heavy atom. The van der Waals surface area contributed by atoms with Gasteiger partial charge in [-0.2, -0.15) is 0 Å². The van der Waals surface area contributed by atoms with E-state index in [9.17, 15) is 9.59 Å². The summed E-state index contributed by atoms with van der Waals surface area (Å²) in [5.74, 6) is -0.303. The normalized spacial score (nSPS) is 13.7. The topological polar surface area (TPSA) is 74.8 Å². The number of H-pyrrole nitrogens is 1. The number of carbonyl (C=O) groups is 1. The molecule has 0 spiro atoms. The zero-order valence-corrected chi connectivity index (χ0v) is 13.4. The summed E-state index contributed by atoms with van der Waals surface area (Å²) in [6, 6.07) is 1.76. The standard InChI is InChI=1S/C16H19N3O2S/c1-10-9-22-14(18-10)6-7-17-15(20)12-8-11-4-2-3-5-13(11)19-16(12)21/h8-9H,2-7H2,1H3,(H,17,20)(H,19,21). The summed E-state index contributed by atoms with van der Waals surface area (Å²) in [6.45, 7) is 2.44. The van der Waals surface area contributed by atoms with Gasteiger partial charge in [-0.15, -0.1) is 11.3 Å². The number of fused-ring (bicyclic) bond motifs is 1. The lowest BCUT2D eigenvalue weighted by Gasteiger charge is -2.15. The van der Waals surface area contributed by atoms with E-state index in [1.165, 1.54) is 0 Å². The van der Waals surface area contributed by atoms with E-state index >= 15 is 0 Å². The van der Waals surface area contributed by atoms with Crippen LogP contribution in [0.15, 0.2) is 16.2 Å². The van der Waals surface area contributed by atoms with Crippen LogP contribution in [0.5, 0.6) is 0 Å². The molecular formula is C16H19N3O2S. The number of rotatable bonds is 4. The number of nitrogens with zero attached hydrogens (tertiary/aromatic N) is 1. The van der Waals surface area contributed by atoms with E-state index in [0.29, 0.717) is 13.0 Å². The Balaban J connectivity index is 1.65. The van der Waals surface area contributed by atoms with Crippen molar-refractivity contribution in [2.45, 2.75) is 39.0 Å². The van der Waals surface area contributed by atoms with E-state index in [1.807, 2.05) is 12.3 Å². The molecule has 1 aliphatic carbocycles. The third-order valence-electron chi connectivity index (χ3n) is 3.87. The number of aromatic amines is 1. The number of hydrogen-bond donors (Lipinski definition) is 2. The average molecular weight is 317 g/mol. The summed E-state index contributed by atoms with van der Waals surface area (Å²) < 4.78 is 0. The fourth-order valence-corrected chi connectivity index (χ4v) is 3.52. The molecular weight excluding hydrogens is 298 g/mol. The van der Waals surface area contributed by atoms with Crippen LogP contribution in [0.25, 0.3) is 0 Å². The van der Waals surface area contributed by atoms with E-state index in [1.54, 1.807) is 17.4 Å². The number of hydrogen-bond acceptors (Lipinski definition) is 4. The molecule has 5 nitrogen and oxygen atoms in total. The van der Waals surface area contributed by atoms with Gasteiger partial charge in [-0.25, -0.2) is 4.98 Å². The molecule has 2 aromatic heterocycles. The molecule has 2 heterocycles. The van der Waals surface area contributed by atoms with Gasteiger partial charge in [-0.3, -0.25) is 9.59 Å². The zero-order valence-electron chi connectivity index (χ0n) is 12.6. The summed E-state index contributed by atoms with van der Waals surface area (Å²) in [4.78, 5) is 31.5. The second kappa shape index (κ2) is 6.44. The average Bonchev–Trinajstić information content (AvgIpc) is 2.92. The highest BCUT2D eigenvalue weighted by Crippen LogP contribution is 2.18. The van der Waals surface area contributed by atoms with Crippen LogP contribution in [0.1, 0.15) is 45.2 Å². The Morgan fingerprint density at radius 1 is 1.41 bits per heavy atom. The summed E-state index contributed by atoms with van der Waals surface area (Å²) in [7, 11) is 0. The molecule has 1 aliphatic rings. The zero-order chi connectivity index (χ0) is 15.5. The van der Waals surface area contributed by atoms with E-state index in [4.69, 9.17) is 0 Å². The van der Waals surface area contributed by atoms with Crippen molar-refractivity contribution in [3.8, 4) is 0 Å². The Labute approximate surface area is 132 Å². The maximum atomic E-state index is 12.2. The van der Waals surface area contributed by atoms with Crippen LogP contribution in [-0.4, -0.2) is 22.4 Å². The van der Waals surface area contributed by atoms with Crippen molar-refractivity contribution < 1.29 is 4.79 Å². The Morgan fingerprint density at radius 3 is 3.00 bits per heavy atom. The first-order chi connectivity index (χ1) is 10.6. The van der Waals surface area contributed by atoms with Crippen LogP contribution < -0.4 is 10.9 Å². The molecule has 3 rings (SSSR count). The minimum absolute atomic E-state index is 0.218. The van der Waals surface area contributed by atoms with Gasteiger partial charge in [0.15, 0.2) is 0 Å². The molecule has 6 heteroatoms. The second-order valence-electron chi connectivity index (χ2n) is 5.61. The number of thiazole rings is 1. The van der Waals surface area contributed by atoms with Crippen molar-refractivity contribution in [2.75, 3.05) is 6.54 Å². The molecule has 0 aromatic carbocycles. The van der Waals surface area contributed by atoms with Crippen LogP contribution in [-0.2, 0) is 19.3 Å². The molecule has 22 heavy (non-hydrogen) atoms. The van der Waals surface area contributed by atoms with Crippen LogP contribution in [0, 0.1) is 6.92 Å². The number of aryl methyl sites for hydroxylation is 3. The predicted octanol–water partition coefficient (Wildman–Crippen LogP) is 1.99. The fourth-order valence-electron chi connectivity index (χ4n) is 2.74. The van der Waals surface area contributed by atoms with Gasteiger partial charge < -0.3 is 10.3 Å². The molecule has 0 aliphatic heterocycles. The maximum absolute atomic E-state index is 12.2. The fraction of sp³-hybridized carbons (Fsp3) is 0.438. The maximum Gasteiger partial charge on any atom is 0.261 e. The predicted molar refractivity (Wildman–Crippen MR) is 86.6 cm³/mol. The van der Waals surface area contributed by atoms with Gasteiger partial charge in [0.1, 0.15) is 5.56 Å². The van der Waals surface area contributed by atoms with Gasteiger partial charge in [0.2, 0.25) is 0 Å². The minimum atomic E-state index is -0.303. The lowest BCUT2D eigenvalue weighted by Crippen LogP contribution is -2.32. The molecule has 116 valence electrons. The molecule has 0 saturated heterocycles. The van der Waals surface area contributed by atoms with Gasteiger partial charge in [-0.1, -0.05) is 0 Å². The van der Waals surface area contributed by atoms with Crippen molar-refractivity contribution in [3.05, 3.63) is 49.3 Å². The van der Waals surface area contributed by atoms with Gasteiger partial charge in [-0.05, 0) is 44.2 Å². The molecule has 0 radical (unpaired) electrons. The highest BCUT2D eigenvalue weighted by atomic mass is 32.1. The van der Waals surface area contributed by atoms with Gasteiger partial charge in [0.05, 0.1) is 5.01 Å². The molecule has 0 atom stereocenters. The smallest absolute Gasteiger partial charge is 0.261 e. The number of carbonyl (C=O) groups excluding carboxylic acids is 1. The lowest BCUT2D eigenvalue weighted by atomic mass is 9.95. The Kier molecular flexibility index (Phi) is 4.38. The number of pyridine rings is 1. The van der Waals surface area contributed by atoms with Crippen molar-refractivity contribution in [1.82, 2.24) is 15.3 Å². The Hall–Kier alpha value is -1.95. The number of nitrogens with one attached hydrogen (secondary N) is 2. The summed E-state index contributed by atoms with van der Waals surface area (Å²) >= 11 is 1.59. The number of aromatic nitrogens is 2. The summed E-state index contributed by atoms with van der Waals surface area (Å²) in [6.07, 6.45) is 4.74. The van der Waals surface area contributed by atoms with E-state index < -0.39 is 0 Å². The third kappa shape index (κ3) is 3.27. The van der Waals surface area contributed by atoms with Crippen molar-refractivity contribution in [3.63, 3.8) is 0 Å². The van der Waals surface area contributed by atoms with E-state index in [0.717, 1.165) is 47.6 Å². The van der Waals surface area contributed by atoms with Crippen LogP contribution >= 0.6 is 11.3 Å². The first-order valence-electron chi connectivity index (χ1n) is 7.58. The van der Waals surface area contributed by atoms with E-state index in [2.05, 4.69) is 15.3 Å². The van der Waals surface area contributed by atoms with Crippen molar-refractivity contribution in [2.24, 2.45) is 0 Å². The molecule has 2 N–H and O–H groups in total. The minimum Gasteiger partial charge on any atom is -0.351 e. The summed E-state index contributed by atoms with van der Waals surface area (Å²) in [5.41, 5.74) is 3.02. The second-order valence-corrected chi connectivity index (χ2v) is 6.55. The molecule has 0 saturated carbocycles. The van der Waals surface area contributed by atoms with E-state index in [-0.39, 0.29) is 17.0 Å². The molecule has 2 aromatic rings. The van der Waals surface area contributed by atoms with Crippen molar-refractivity contribution in [1.29, 1.82) is 0 Å². The molecule has 0 fully saturated rings. The first kappa shape index (κ1) is 15.0. The first-order valence-corrected chi connectivity index (χ1v) is 8.46. The van der Waals surface area contributed by atoms with Crippen molar-refractivity contribution >= 4 is 17.2 Å². The van der Waals surface area contributed by atoms with Gasteiger partial charge in [0, 0.05) is 29.7 Å². The lowest BCUT2D eigenvalue weighted by molar-refractivity contribution is 0.0952. The Bertz CT molecular complexity index is 748. The highest BCUT2D eigenvalue weighted by molar-refractivity contribution is 7.09. The monoisotopic (exact) mass is 317 g/mol. The molecule has 0 unspecified atom stereocenters. The van der Waals surface area contributed by atoms with Gasteiger partial charge in [0.25, 0.3) is 11.5 Å². The largest absolute Gasteiger partial charge is 0.351 e. The summed E-state index contributed by atoms with van der Waals surface area (Å²) in [5, 5.41) is 5.80. The molecule has 1 amide bonds. The van der Waals surface area contributed by atoms with Crippen LogP contribution in [0.4, 0.5) is 0 Å². The highest BCUT2D eigenvalue weighted by Gasteiger charge is 2.16. The van der Waals surface area contributed by atoms with Crippen LogP contribution in [0.3, 0.4) is 0 Å². The SMILES string of the molecule is Cc1csc(CCNC(=O)c2cc3c([nH]c2=O)CCCC3)n1.